The number of ether oxygens (including phenoxy) is 1. The summed E-state index contributed by atoms with van der Waals surface area (Å²) in [4.78, 5) is 29.3. The monoisotopic (exact) mass is 458 g/mol. The van der Waals surface area contributed by atoms with Gasteiger partial charge in [-0.15, -0.1) is 21.5 Å². The normalized spacial score (nSPS) is 17.2. The molecule has 2 unspecified atom stereocenters. The lowest BCUT2D eigenvalue weighted by Gasteiger charge is -2.16. The molecule has 4 rings (SSSR count). The Labute approximate surface area is 189 Å². The second-order valence-electron chi connectivity index (χ2n) is 7.83. The molecular weight excluding hydrogens is 432 g/mol. The molecule has 0 spiro atoms. The lowest BCUT2D eigenvalue weighted by molar-refractivity contribution is 0.0953. The molecule has 3 aromatic heterocycles. The van der Waals surface area contributed by atoms with Crippen LogP contribution in [0.2, 0.25) is 0 Å². The van der Waals surface area contributed by atoms with E-state index in [4.69, 9.17) is 4.74 Å². The second-order valence-corrected chi connectivity index (χ2v) is 10.1. The van der Waals surface area contributed by atoms with Gasteiger partial charge < -0.3 is 9.72 Å². The average molecular weight is 459 g/mol. The minimum Gasteiger partial charge on any atom is -0.376 e. The van der Waals surface area contributed by atoms with Crippen LogP contribution in [0.25, 0.3) is 10.7 Å². The fourth-order valence-electron chi connectivity index (χ4n) is 4.06. The summed E-state index contributed by atoms with van der Waals surface area (Å²) in [5, 5.41) is 11.2. The fourth-order valence-corrected chi connectivity index (χ4v) is 5.69. The van der Waals surface area contributed by atoms with Crippen LogP contribution in [0.5, 0.6) is 0 Å². The highest BCUT2D eigenvalue weighted by Crippen LogP contribution is 2.32. The standard InChI is InChI=1S/C22H26N4O3S2/c1-12-18(14(3)27)13(2)23-19(12)20(28)15(4)31-22-25-24-21(17-8-6-10-30-17)26(22)11-16-7-5-9-29-16/h6,8,10,15-16,23H,5,7,9,11H2,1-4H3. The number of carbonyl (C=O) groups excluding carboxylic acids is 2. The number of nitrogens with zero attached hydrogens (tertiary/aromatic N) is 3. The van der Waals surface area contributed by atoms with E-state index < -0.39 is 0 Å². The van der Waals surface area contributed by atoms with Gasteiger partial charge in [0.2, 0.25) is 0 Å². The van der Waals surface area contributed by atoms with Crippen molar-refractivity contribution in [3.05, 3.63) is 40.0 Å². The van der Waals surface area contributed by atoms with Crippen LogP contribution in [0, 0.1) is 13.8 Å². The molecule has 0 bridgehead atoms. The molecule has 0 saturated carbocycles. The molecule has 1 fully saturated rings. The number of aromatic nitrogens is 4. The molecule has 0 aromatic carbocycles. The van der Waals surface area contributed by atoms with Crippen molar-refractivity contribution in [3.8, 4) is 10.7 Å². The van der Waals surface area contributed by atoms with E-state index in [1.807, 2.05) is 38.3 Å². The summed E-state index contributed by atoms with van der Waals surface area (Å²) in [6.07, 6.45) is 2.20. The number of thioether (sulfide) groups is 1. The molecule has 1 aliphatic rings. The van der Waals surface area contributed by atoms with Gasteiger partial charge in [0.1, 0.15) is 0 Å². The van der Waals surface area contributed by atoms with Crippen molar-refractivity contribution in [2.75, 3.05) is 6.61 Å². The maximum atomic E-state index is 13.2. The Morgan fingerprint density at radius 1 is 1.39 bits per heavy atom. The molecule has 2 atom stereocenters. The number of thiophene rings is 1. The second kappa shape index (κ2) is 9.10. The molecule has 1 N–H and O–H groups in total. The highest BCUT2D eigenvalue weighted by molar-refractivity contribution is 8.00. The van der Waals surface area contributed by atoms with Crippen LogP contribution in [0.15, 0.2) is 22.7 Å². The lowest BCUT2D eigenvalue weighted by atomic mass is 10.0. The van der Waals surface area contributed by atoms with Gasteiger partial charge in [0.25, 0.3) is 0 Å². The van der Waals surface area contributed by atoms with E-state index >= 15 is 0 Å². The van der Waals surface area contributed by atoms with Crippen molar-refractivity contribution in [1.82, 2.24) is 19.7 Å². The van der Waals surface area contributed by atoms with Crippen LogP contribution >= 0.6 is 23.1 Å². The van der Waals surface area contributed by atoms with Crippen LogP contribution < -0.4 is 0 Å². The van der Waals surface area contributed by atoms with Crippen molar-refractivity contribution in [1.29, 1.82) is 0 Å². The van der Waals surface area contributed by atoms with Gasteiger partial charge in [-0.3, -0.25) is 14.2 Å². The van der Waals surface area contributed by atoms with Gasteiger partial charge >= 0.3 is 0 Å². The van der Waals surface area contributed by atoms with Crippen molar-refractivity contribution >= 4 is 34.7 Å². The van der Waals surface area contributed by atoms with Crippen LogP contribution in [0.4, 0.5) is 0 Å². The minimum absolute atomic E-state index is 0.0393. The number of aryl methyl sites for hydroxylation is 1. The molecule has 0 radical (unpaired) electrons. The van der Waals surface area contributed by atoms with Crippen LogP contribution in [0.3, 0.4) is 0 Å². The third-order valence-electron chi connectivity index (χ3n) is 5.56. The first kappa shape index (κ1) is 22.0. The smallest absolute Gasteiger partial charge is 0.192 e. The number of H-pyrrole nitrogens is 1. The van der Waals surface area contributed by atoms with Crippen molar-refractivity contribution in [2.45, 2.75) is 63.6 Å². The lowest BCUT2D eigenvalue weighted by Crippen LogP contribution is -2.19. The summed E-state index contributed by atoms with van der Waals surface area (Å²) < 4.78 is 7.92. The third-order valence-corrected chi connectivity index (χ3v) is 7.50. The number of ketones is 2. The SMILES string of the molecule is CC(=O)c1c(C)[nH]c(C(=O)C(C)Sc2nnc(-c3cccs3)n2CC2CCCO2)c1C. The van der Waals surface area contributed by atoms with E-state index in [2.05, 4.69) is 19.7 Å². The Balaban J connectivity index is 1.60. The number of carbonyl (C=O) groups is 2. The zero-order chi connectivity index (χ0) is 22.1. The Hall–Kier alpha value is -2.23. The maximum Gasteiger partial charge on any atom is 0.192 e. The number of hydrogen-bond acceptors (Lipinski definition) is 7. The molecule has 164 valence electrons. The number of nitrogens with one attached hydrogen (secondary N) is 1. The fraction of sp³-hybridized carbons (Fsp3) is 0.455. The summed E-state index contributed by atoms with van der Waals surface area (Å²) in [6.45, 7) is 8.48. The molecule has 4 heterocycles. The Kier molecular flexibility index (Phi) is 6.45. The average Bonchev–Trinajstić information content (AvgIpc) is 3.50. The quantitative estimate of drug-likeness (QED) is 0.389. The molecule has 7 nitrogen and oxygen atoms in total. The van der Waals surface area contributed by atoms with E-state index in [0.717, 1.165) is 35.8 Å². The zero-order valence-electron chi connectivity index (χ0n) is 18.1. The molecule has 1 aliphatic heterocycles. The van der Waals surface area contributed by atoms with E-state index in [0.29, 0.717) is 28.5 Å². The first-order valence-electron chi connectivity index (χ1n) is 10.4. The summed E-state index contributed by atoms with van der Waals surface area (Å²) >= 11 is 3.01. The number of aromatic amines is 1. The van der Waals surface area contributed by atoms with Gasteiger partial charge in [0, 0.05) is 17.9 Å². The molecule has 0 amide bonds. The predicted molar refractivity (Wildman–Crippen MR) is 122 cm³/mol. The molecule has 31 heavy (non-hydrogen) atoms. The van der Waals surface area contributed by atoms with Crippen LogP contribution in [-0.4, -0.2) is 49.3 Å². The van der Waals surface area contributed by atoms with Crippen molar-refractivity contribution < 1.29 is 14.3 Å². The van der Waals surface area contributed by atoms with E-state index in [-0.39, 0.29) is 22.9 Å². The van der Waals surface area contributed by atoms with Gasteiger partial charge in [-0.1, -0.05) is 17.8 Å². The van der Waals surface area contributed by atoms with Crippen LogP contribution in [0.1, 0.15) is 58.8 Å². The van der Waals surface area contributed by atoms with Crippen molar-refractivity contribution in [2.24, 2.45) is 0 Å². The maximum absolute atomic E-state index is 13.2. The third kappa shape index (κ3) is 4.40. The van der Waals surface area contributed by atoms with Gasteiger partial charge in [-0.2, -0.15) is 0 Å². The predicted octanol–water partition coefficient (Wildman–Crippen LogP) is 4.70. The van der Waals surface area contributed by atoms with E-state index in [1.165, 1.54) is 18.7 Å². The number of rotatable bonds is 8. The molecule has 1 saturated heterocycles. The van der Waals surface area contributed by atoms with Gasteiger partial charge in [0.05, 0.1) is 28.5 Å². The highest BCUT2D eigenvalue weighted by atomic mass is 32.2. The van der Waals surface area contributed by atoms with Gasteiger partial charge in [-0.05, 0) is 57.5 Å². The number of hydrogen-bond donors (Lipinski definition) is 1. The largest absolute Gasteiger partial charge is 0.376 e. The molecule has 3 aromatic rings. The molecule has 9 heteroatoms. The number of Topliss-reactive ketones (excluding diaryl/α,β-unsaturated/α-hetero) is 2. The summed E-state index contributed by atoms with van der Waals surface area (Å²) in [7, 11) is 0. The highest BCUT2D eigenvalue weighted by Gasteiger charge is 2.28. The van der Waals surface area contributed by atoms with Gasteiger partial charge in [-0.25, -0.2) is 0 Å². The van der Waals surface area contributed by atoms with E-state index in [9.17, 15) is 9.59 Å². The van der Waals surface area contributed by atoms with Gasteiger partial charge in [0.15, 0.2) is 22.5 Å². The van der Waals surface area contributed by atoms with Crippen molar-refractivity contribution in [3.63, 3.8) is 0 Å². The summed E-state index contributed by atoms with van der Waals surface area (Å²) in [5.74, 6) is 0.711. The first-order chi connectivity index (χ1) is 14.9. The zero-order valence-corrected chi connectivity index (χ0v) is 19.7. The van der Waals surface area contributed by atoms with Crippen LogP contribution in [-0.2, 0) is 11.3 Å². The topological polar surface area (TPSA) is 89.9 Å². The Bertz CT molecular complexity index is 1090. The first-order valence-corrected chi connectivity index (χ1v) is 12.1. The molecular formula is C22H26N4O3S2. The van der Waals surface area contributed by atoms with E-state index in [1.54, 1.807) is 11.3 Å². The Morgan fingerprint density at radius 3 is 2.81 bits per heavy atom. The summed E-state index contributed by atoms with van der Waals surface area (Å²) in [6, 6.07) is 4.02. The molecule has 0 aliphatic carbocycles. The summed E-state index contributed by atoms with van der Waals surface area (Å²) in [5.41, 5.74) is 2.53. The minimum atomic E-state index is -0.389. The Morgan fingerprint density at radius 2 is 2.19 bits per heavy atom.